The predicted molar refractivity (Wildman–Crippen MR) is 97.6 cm³/mol. The number of aromatic nitrogens is 3. The molecule has 138 valence electrons. The van der Waals surface area contributed by atoms with Gasteiger partial charge in [0, 0.05) is 26.2 Å². The lowest BCUT2D eigenvalue weighted by atomic mass is 10.4. The molecule has 0 amide bonds. The number of sulfonamides is 1. The zero-order chi connectivity index (χ0) is 18.3. The molecule has 3 heterocycles. The lowest BCUT2D eigenvalue weighted by Gasteiger charge is -2.21. The van der Waals surface area contributed by atoms with Gasteiger partial charge in [-0.05, 0) is 37.6 Å². The van der Waals surface area contributed by atoms with E-state index in [1.807, 2.05) is 13.1 Å². The lowest BCUT2D eigenvalue weighted by Crippen LogP contribution is -2.35. The second kappa shape index (κ2) is 6.60. The topological polar surface area (TPSA) is 70.8 Å². The summed E-state index contributed by atoms with van der Waals surface area (Å²) in [4.78, 5) is 7.45. The van der Waals surface area contributed by atoms with Gasteiger partial charge in [-0.1, -0.05) is 11.3 Å². The molecule has 0 saturated carbocycles. The molecule has 2 aromatic heterocycles. The minimum Gasteiger partial charge on any atom is -0.345 e. The molecule has 1 aliphatic rings. The minimum atomic E-state index is -3.62. The zero-order valence-electron chi connectivity index (χ0n) is 14.2. The molecule has 10 heteroatoms. The first-order valence-electron chi connectivity index (χ1n) is 8.27. The Bertz CT molecular complexity index is 997. The van der Waals surface area contributed by atoms with Gasteiger partial charge >= 0.3 is 0 Å². The van der Waals surface area contributed by atoms with Gasteiger partial charge in [-0.3, -0.25) is 0 Å². The fraction of sp³-hybridized carbons (Fsp3) is 0.375. The highest BCUT2D eigenvalue weighted by atomic mass is 32.2. The third-order valence-corrected chi connectivity index (χ3v) is 7.23. The van der Waals surface area contributed by atoms with E-state index in [1.165, 1.54) is 39.9 Å². The van der Waals surface area contributed by atoms with Crippen LogP contribution in [-0.4, -0.2) is 53.5 Å². The summed E-state index contributed by atoms with van der Waals surface area (Å²) in [5, 5.41) is 5.38. The van der Waals surface area contributed by atoms with Crippen LogP contribution < -0.4 is 4.90 Å². The van der Waals surface area contributed by atoms with Crippen molar-refractivity contribution < 1.29 is 12.8 Å². The SMILES string of the molecule is Cc1cn2nc(N3CCCN(S(=O)(=O)c4ccc(F)cc4)CC3)sc2n1. The van der Waals surface area contributed by atoms with Gasteiger partial charge in [0.25, 0.3) is 0 Å². The summed E-state index contributed by atoms with van der Waals surface area (Å²) >= 11 is 1.50. The van der Waals surface area contributed by atoms with Crippen LogP contribution in [0.4, 0.5) is 9.52 Å². The summed E-state index contributed by atoms with van der Waals surface area (Å²) in [6, 6.07) is 4.96. The van der Waals surface area contributed by atoms with E-state index in [-0.39, 0.29) is 4.90 Å². The molecular formula is C16H18FN5O2S2. The monoisotopic (exact) mass is 395 g/mol. The van der Waals surface area contributed by atoms with Crippen LogP contribution in [0.5, 0.6) is 0 Å². The van der Waals surface area contributed by atoms with Crippen LogP contribution >= 0.6 is 11.3 Å². The molecule has 0 atom stereocenters. The Kier molecular flexibility index (Phi) is 4.41. The van der Waals surface area contributed by atoms with Gasteiger partial charge in [-0.15, -0.1) is 5.10 Å². The summed E-state index contributed by atoms with van der Waals surface area (Å²) < 4.78 is 41.9. The molecule has 26 heavy (non-hydrogen) atoms. The molecule has 0 spiro atoms. The van der Waals surface area contributed by atoms with E-state index in [2.05, 4.69) is 15.0 Å². The Morgan fingerprint density at radius 2 is 1.88 bits per heavy atom. The number of nitrogens with zero attached hydrogens (tertiary/aromatic N) is 5. The van der Waals surface area contributed by atoms with Crippen LogP contribution in [0.25, 0.3) is 4.96 Å². The van der Waals surface area contributed by atoms with Crippen LogP contribution in [0.3, 0.4) is 0 Å². The normalized spacial score (nSPS) is 16.9. The van der Waals surface area contributed by atoms with Gasteiger partial charge in [0.05, 0.1) is 16.8 Å². The van der Waals surface area contributed by atoms with Crippen LogP contribution in [-0.2, 0) is 10.0 Å². The van der Waals surface area contributed by atoms with E-state index in [0.717, 1.165) is 22.3 Å². The highest BCUT2D eigenvalue weighted by molar-refractivity contribution is 7.89. The van der Waals surface area contributed by atoms with Crippen molar-refractivity contribution in [1.29, 1.82) is 0 Å². The highest BCUT2D eigenvalue weighted by Gasteiger charge is 2.28. The molecule has 4 rings (SSSR count). The van der Waals surface area contributed by atoms with Gasteiger partial charge in [0.15, 0.2) is 0 Å². The van der Waals surface area contributed by atoms with Crippen molar-refractivity contribution in [3.8, 4) is 0 Å². The van der Waals surface area contributed by atoms with E-state index >= 15 is 0 Å². The van der Waals surface area contributed by atoms with Gasteiger partial charge in [0.2, 0.25) is 20.1 Å². The quantitative estimate of drug-likeness (QED) is 0.680. The minimum absolute atomic E-state index is 0.121. The zero-order valence-corrected chi connectivity index (χ0v) is 15.8. The number of hydrogen-bond acceptors (Lipinski definition) is 6. The summed E-state index contributed by atoms with van der Waals surface area (Å²) in [6.07, 6.45) is 2.57. The Balaban J connectivity index is 1.52. The maximum absolute atomic E-state index is 13.1. The first kappa shape index (κ1) is 17.4. The third kappa shape index (κ3) is 3.19. The summed E-state index contributed by atoms with van der Waals surface area (Å²) in [7, 11) is -3.62. The van der Waals surface area contributed by atoms with Crippen molar-refractivity contribution in [3.05, 3.63) is 42.0 Å². The first-order chi connectivity index (χ1) is 12.4. The average Bonchev–Trinajstić information content (AvgIpc) is 3.02. The standard InChI is InChI=1S/C16H18FN5O2S2/c1-12-11-22-15(18-12)25-16(19-22)20-7-2-8-21(10-9-20)26(23,24)14-5-3-13(17)4-6-14/h3-6,11H,2,7-10H2,1H3. The summed E-state index contributed by atoms with van der Waals surface area (Å²) in [6.45, 7) is 3.99. The third-order valence-electron chi connectivity index (χ3n) is 4.33. The number of imidazole rings is 1. The van der Waals surface area contributed by atoms with Gasteiger partial charge in [-0.25, -0.2) is 22.3 Å². The predicted octanol–water partition coefficient (Wildman–Crippen LogP) is 2.14. The number of aryl methyl sites for hydroxylation is 1. The van der Waals surface area contributed by atoms with E-state index in [4.69, 9.17) is 0 Å². The fourth-order valence-electron chi connectivity index (χ4n) is 3.01. The lowest BCUT2D eigenvalue weighted by molar-refractivity contribution is 0.433. The Morgan fingerprint density at radius 3 is 2.62 bits per heavy atom. The Morgan fingerprint density at radius 1 is 1.12 bits per heavy atom. The number of anilines is 1. The highest BCUT2D eigenvalue weighted by Crippen LogP contribution is 2.25. The van der Waals surface area contributed by atoms with Gasteiger partial charge in [-0.2, -0.15) is 4.31 Å². The second-order valence-electron chi connectivity index (χ2n) is 6.19. The molecule has 1 aromatic carbocycles. The molecular weight excluding hydrogens is 377 g/mol. The number of benzene rings is 1. The largest absolute Gasteiger partial charge is 0.345 e. The van der Waals surface area contributed by atoms with Crippen LogP contribution in [0.1, 0.15) is 12.1 Å². The Labute approximate surface area is 154 Å². The van der Waals surface area contributed by atoms with Crippen molar-refractivity contribution in [1.82, 2.24) is 18.9 Å². The average molecular weight is 395 g/mol. The van der Waals surface area contributed by atoms with Crippen molar-refractivity contribution in [2.24, 2.45) is 0 Å². The number of hydrogen-bond donors (Lipinski definition) is 0. The van der Waals surface area contributed by atoms with E-state index in [9.17, 15) is 12.8 Å². The van der Waals surface area contributed by atoms with Crippen molar-refractivity contribution in [3.63, 3.8) is 0 Å². The smallest absolute Gasteiger partial charge is 0.243 e. The second-order valence-corrected chi connectivity index (χ2v) is 9.07. The number of fused-ring (bicyclic) bond motifs is 1. The van der Waals surface area contributed by atoms with Crippen molar-refractivity contribution >= 4 is 31.5 Å². The van der Waals surface area contributed by atoms with E-state index in [1.54, 1.807) is 4.52 Å². The maximum atomic E-state index is 13.1. The van der Waals surface area contributed by atoms with Crippen LogP contribution in [0.2, 0.25) is 0 Å². The molecule has 7 nitrogen and oxygen atoms in total. The number of rotatable bonds is 3. The molecule has 1 fully saturated rings. The van der Waals surface area contributed by atoms with Gasteiger partial charge < -0.3 is 4.90 Å². The number of halogens is 1. The maximum Gasteiger partial charge on any atom is 0.243 e. The molecule has 0 radical (unpaired) electrons. The van der Waals surface area contributed by atoms with E-state index < -0.39 is 15.8 Å². The Hall–Kier alpha value is -2.04. The summed E-state index contributed by atoms with van der Waals surface area (Å²) in [5.74, 6) is -0.449. The first-order valence-corrected chi connectivity index (χ1v) is 10.5. The molecule has 3 aromatic rings. The van der Waals surface area contributed by atoms with Crippen LogP contribution in [0, 0.1) is 12.7 Å². The van der Waals surface area contributed by atoms with Gasteiger partial charge in [0.1, 0.15) is 5.82 Å². The van der Waals surface area contributed by atoms with E-state index in [0.29, 0.717) is 26.1 Å². The molecule has 0 N–H and O–H groups in total. The molecule has 0 unspecified atom stereocenters. The molecule has 1 saturated heterocycles. The fourth-order valence-corrected chi connectivity index (χ4v) is 5.46. The molecule has 0 bridgehead atoms. The summed E-state index contributed by atoms with van der Waals surface area (Å²) in [5.41, 5.74) is 0.919. The van der Waals surface area contributed by atoms with Crippen molar-refractivity contribution in [2.45, 2.75) is 18.2 Å². The molecule has 1 aliphatic heterocycles. The van der Waals surface area contributed by atoms with Crippen LogP contribution in [0.15, 0.2) is 35.4 Å². The van der Waals surface area contributed by atoms with Crippen molar-refractivity contribution in [2.75, 3.05) is 31.1 Å². The molecule has 0 aliphatic carbocycles.